The number of rotatable bonds is 9. The maximum atomic E-state index is 9.52. The molecular weight excluding hydrogens is 460 g/mol. The number of hydrogen-bond donors (Lipinski definition) is 2. The Morgan fingerprint density at radius 2 is 1.72 bits per heavy atom. The molecule has 2 N–H and O–H groups in total. The van der Waals surface area contributed by atoms with Crippen molar-refractivity contribution in [2.75, 3.05) is 37.7 Å². The summed E-state index contributed by atoms with van der Waals surface area (Å²) in [6, 6.07) is 19.4. The van der Waals surface area contributed by atoms with Crippen LogP contribution >= 0.6 is 15.9 Å². The van der Waals surface area contributed by atoms with Gasteiger partial charge < -0.3 is 15.3 Å². The van der Waals surface area contributed by atoms with E-state index in [-0.39, 0.29) is 6.61 Å². The molecule has 0 unspecified atom stereocenters. The van der Waals surface area contributed by atoms with Gasteiger partial charge in [0.2, 0.25) is 0 Å². The third-order valence-corrected chi connectivity index (χ3v) is 6.08. The first-order chi connectivity index (χ1) is 15.7. The first kappa shape index (κ1) is 24.1. The molecule has 3 nitrogen and oxygen atoms in total. The lowest BCUT2D eigenvalue weighted by molar-refractivity contribution is 0.290. The van der Waals surface area contributed by atoms with E-state index in [0.29, 0.717) is 0 Å². The Labute approximate surface area is 200 Å². The van der Waals surface area contributed by atoms with Crippen molar-refractivity contribution in [2.24, 2.45) is 0 Å². The minimum absolute atomic E-state index is 0.178. The van der Waals surface area contributed by atoms with Gasteiger partial charge in [-0.2, -0.15) is 0 Å². The summed E-state index contributed by atoms with van der Waals surface area (Å²) < 4.78 is 0.880. The predicted molar refractivity (Wildman–Crippen MR) is 141 cm³/mol. The number of allylic oxidation sites excluding steroid dienone is 6. The minimum atomic E-state index is 0.178. The molecule has 1 heterocycles. The van der Waals surface area contributed by atoms with Crippen LogP contribution in [0.1, 0.15) is 30.4 Å². The quantitative estimate of drug-likeness (QED) is 0.271. The molecule has 0 amide bonds. The van der Waals surface area contributed by atoms with E-state index in [0.717, 1.165) is 49.9 Å². The fraction of sp³-hybridized carbons (Fsp3) is 0.286. The zero-order valence-electron chi connectivity index (χ0n) is 18.4. The van der Waals surface area contributed by atoms with Crippen molar-refractivity contribution in [3.8, 4) is 12.3 Å². The molecule has 32 heavy (non-hydrogen) atoms. The van der Waals surface area contributed by atoms with Gasteiger partial charge in [0.1, 0.15) is 0 Å². The van der Waals surface area contributed by atoms with Crippen molar-refractivity contribution in [3.63, 3.8) is 0 Å². The summed E-state index contributed by atoms with van der Waals surface area (Å²) in [4.78, 5) is 2.43. The van der Waals surface area contributed by atoms with Crippen molar-refractivity contribution in [1.82, 2.24) is 5.32 Å². The highest BCUT2D eigenvalue weighted by molar-refractivity contribution is 9.11. The van der Waals surface area contributed by atoms with E-state index in [2.05, 4.69) is 86.7 Å². The fourth-order valence-electron chi connectivity index (χ4n) is 3.99. The number of nitrogens with zero attached hydrogens (tertiary/aromatic N) is 1. The smallest absolute Gasteiger partial charge is 0.0434 e. The van der Waals surface area contributed by atoms with Gasteiger partial charge in [-0.05, 0) is 53.7 Å². The molecule has 3 rings (SSSR count). The van der Waals surface area contributed by atoms with Gasteiger partial charge >= 0.3 is 0 Å². The van der Waals surface area contributed by atoms with E-state index in [1.165, 1.54) is 28.0 Å². The van der Waals surface area contributed by atoms with E-state index in [1.807, 2.05) is 12.1 Å². The molecule has 0 saturated carbocycles. The first-order valence-electron chi connectivity index (χ1n) is 11.2. The molecule has 2 aromatic rings. The Bertz CT molecular complexity index is 978. The fourth-order valence-corrected chi connectivity index (χ4v) is 4.31. The highest BCUT2D eigenvalue weighted by atomic mass is 79.9. The molecule has 4 heteroatoms. The second-order valence-corrected chi connectivity index (χ2v) is 8.65. The predicted octanol–water partition coefficient (Wildman–Crippen LogP) is 5.64. The van der Waals surface area contributed by atoms with Gasteiger partial charge in [-0.15, -0.1) is 6.42 Å². The van der Waals surface area contributed by atoms with Gasteiger partial charge in [0, 0.05) is 49.0 Å². The molecular formula is C28H31BrN2O. The van der Waals surface area contributed by atoms with Crippen LogP contribution in [0.25, 0.3) is 11.1 Å². The summed E-state index contributed by atoms with van der Waals surface area (Å²) in [6.45, 7) is 4.30. The largest absolute Gasteiger partial charge is 0.396 e. The lowest BCUT2D eigenvalue weighted by Gasteiger charge is -2.29. The second kappa shape index (κ2) is 13.1. The van der Waals surface area contributed by atoms with Crippen LogP contribution in [0.15, 0.2) is 77.3 Å². The van der Waals surface area contributed by atoms with Crippen LogP contribution in [0.2, 0.25) is 0 Å². The van der Waals surface area contributed by atoms with Crippen LogP contribution in [-0.2, 0) is 0 Å². The number of aliphatic hydroxyl groups excluding tert-OH is 1. The van der Waals surface area contributed by atoms with Crippen LogP contribution in [0.5, 0.6) is 0 Å². The van der Waals surface area contributed by atoms with Gasteiger partial charge in [-0.1, -0.05) is 76.5 Å². The number of anilines is 1. The average molecular weight is 491 g/mol. The zero-order valence-corrected chi connectivity index (χ0v) is 20.0. The second-order valence-electron chi connectivity index (χ2n) is 7.74. The first-order valence-corrected chi connectivity index (χ1v) is 11.9. The Morgan fingerprint density at radius 1 is 1.03 bits per heavy atom. The maximum absolute atomic E-state index is 9.52. The molecule has 166 valence electrons. The number of piperazine rings is 1. The van der Waals surface area contributed by atoms with Gasteiger partial charge in [0.25, 0.3) is 0 Å². The third kappa shape index (κ3) is 6.97. The summed E-state index contributed by atoms with van der Waals surface area (Å²) in [5.74, 6) is 2.54. The number of terminal acetylenes is 1. The van der Waals surface area contributed by atoms with Crippen molar-refractivity contribution in [3.05, 3.63) is 88.4 Å². The number of aliphatic hydroxyl groups is 1. The molecule has 1 fully saturated rings. The number of halogens is 1. The van der Waals surface area contributed by atoms with Crippen LogP contribution in [-0.4, -0.2) is 37.9 Å². The van der Waals surface area contributed by atoms with E-state index in [9.17, 15) is 5.11 Å². The summed E-state index contributed by atoms with van der Waals surface area (Å²) in [7, 11) is 0. The SMILES string of the molecule is C#C/C=C(Br)\C=C/C/C(=C(\CCCO)c1ccccc1)c1ccc(N2CCNCC2)cc1. The lowest BCUT2D eigenvalue weighted by Crippen LogP contribution is -2.43. The Hall–Kier alpha value is -2.58. The number of nitrogens with one attached hydrogen (secondary N) is 1. The lowest BCUT2D eigenvalue weighted by atomic mass is 9.89. The van der Waals surface area contributed by atoms with E-state index in [4.69, 9.17) is 6.42 Å². The van der Waals surface area contributed by atoms with E-state index < -0.39 is 0 Å². The topological polar surface area (TPSA) is 35.5 Å². The number of hydrogen-bond acceptors (Lipinski definition) is 3. The zero-order chi connectivity index (χ0) is 22.6. The van der Waals surface area contributed by atoms with Gasteiger partial charge in [0.15, 0.2) is 0 Å². The molecule has 1 aliphatic heterocycles. The van der Waals surface area contributed by atoms with Crippen molar-refractivity contribution in [2.45, 2.75) is 19.3 Å². The normalized spacial score (nSPS) is 15.5. The highest BCUT2D eigenvalue weighted by Gasteiger charge is 2.13. The summed E-state index contributed by atoms with van der Waals surface area (Å²) >= 11 is 3.49. The van der Waals surface area contributed by atoms with Crippen LogP contribution in [0, 0.1) is 12.3 Å². The van der Waals surface area contributed by atoms with Crippen LogP contribution < -0.4 is 10.2 Å². The maximum Gasteiger partial charge on any atom is 0.0434 e. The Morgan fingerprint density at radius 3 is 2.38 bits per heavy atom. The van der Waals surface area contributed by atoms with Gasteiger partial charge in [-0.3, -0.25) is 0 Å². The molecule has 0 bridgehead atoms. The Balaban J connectivity index is 1.99. The number of benzene rings is 2. The molecule has 0 aromatic heterocycles. The molecule has 0 spiro atoms. The molecule has 2 aromatic carbocycles. The summed E-state index contributed by atoms with van der Waals surface area (Å²) in [5.41, 5.74) is 6.22. The standard InChI is InChI=1S/C28H31BrN2O/c1-2-8-25(29)11-6-12-27(28(13-7-22-32)23-9-4-3-5-10-23)24-14-16-26(17-15-24)31-20-18-30-19-21-31/h1,3-6,8-11,14-17,30,32H,7,12-13,18-22H2/b11-6-,25-8+,28-27-. The monoisotopic (exact) mass is 490 g/mol. The van der Waals surface area contributed by atoms with Crippen LogP contribution in [0.3, 0.4) is 0 Å². The third-order valence-electron chi connectivity index (χ3n) is 5.59. The van der Waals surface area contributed by atoms with E-state index in [1.54, 1.807) is 6.08 Å². The molecule has 0 radical (unpaired) electrons. The van der Waals surface area contributed by atoms with Gasteiger partial charge in [0.05, 0.1) is 0 Å². The minimum Gasteiger partial charge on any atom is -0.396 e. The molecule has 1 aliphatic rings. The molecule has 1 saturated heterocycles. The average Bonchev–Trinajstić information content (AvgIpc) is 2.84. The highest BCUT2D eigenvalue weighted by Crippen LogP contribution is 2.34. The van der Waals surface area contributed by atoms with Crippen LogP contribution in [0.4, 0.5) is 5.69 Å². The van der Waals surface area contributed by atoms with Crippen molar-refractivity contribution in [1.29, 1.82) is 0 Å². The Kier molecular flexibility index (Phi) is 9.84. The molecule has 0 aliphatic carbocycles. The summed E-state index contributed by atoms with van der Waals surface area (Å²) in [6.07, 6.45) is 13.5. The van der Waals surface area contributed by atoms with E-state index >= 15 is 0 Å². The van der Waals surface area contributed by atoms with Gasteiger partial charge in [-0.25, -0.2) is 0 Å². The molecule has 0 atom stereocenters. The summed E-state index contributed by atoms with van der Waals surface area (Å²) in [5, 5.41) is 12.9. The van der Waals surface area contributed by atoms with Crippen molar-refractivity contribution >= 4 is 32.8 Å². The van der Waals surface area contributed by atoms with Crippen molar-refractivity contribution < 1.29 is 5.11 Å².